The Labute approximate surface area is 89.1 Å². The summed E-state index contributed by atoms with van der Waals surface area (Å²) < 4.78 is 0. The van der Waals surface area contributed by atoms with E-state index in [2.05, 4.69) is 39.9 Å². The van der Waals surface area contributed by atoms with Crippen LogP contribution in [-0.4, -0.2) is 23.3 Å². The lowest BCUT2D eigenvalue weighted by atomic mass is 9.91. The van der Waals surface area contributed by atoms with Gasteiger partial charge >= 0.3 is 0 Å². The summed E-state index contributed by atoms with van der Waals surface area (Å²) in [6, 6.07) is 0.485. The number of hydrogen-bond acceptors (Lipinski definition) is 2. The minimum absolute atomic E-state index is 0.0975. The van der Waals surface area contributed by atoms with E-state index in [9.17, 15) is 5.11 Å². The molecule has 0 amide bonds. The lowest BCUT2D eigenvalue weighted by molar-refractivity contribution is 0.147. The third-order valence-corrected chi connectivity index (χ3v) is 2.83. The Balaban J connectivity index is 4.03. The zero-order valence-corrected chi connectivity index (χ0v) is 10.4. The van der Waals surface area contributed by atoms with E-state index in [1.165, 1.54) is 6.42 Å². The third-order valence-electron chi connectivity index (χ3n) is 2.83. The molecule has 0 heterocycles. The standard InChI is InChI=1S/C12H27NO/c1-6-11(4)13-12(5,9-14)8-7-10(2)3/h10-11,13-14H,6-9H2,1-5H3. The molecule has 0 saturated heterocycles. The molecular weight excluding hydrogens is 174 g/mol. The fourth-order valence-electron chi connectivity index (χ4n) is 1.50. The molecule has 2 unspecified atom stereocenters. The lowest BCUT2D eigenvalue weighted by Crippen LogP contribution is -2.49. The molecule has 0 aliphatic carbocycles. The first-order valence-corrected chi connectivity index (χ1v) is 5.82. The SMILES string of the molecule is CCC(C)NC(C)(CO)CCC(C)C. The summed E-state index contributed by atoms with van der Waals surface area (Å²) in [7, 11) is 0. The Kier molecular flexibility index (Phi) is 6.38. The average Bonchev–Trinajstić information content (AvgIpc) is 2.14. The summed E-state index contributed by atoms with van der Waals surface area (Å²) in [6.07, 6.45) is 3.32. The lowest BCUT2D eigenvalue weighted by Gasteiger charge is -2.32. The molecule has 0 bridgehead atoms. The molecule has 14 heavy (non-hydrogen) atoms. The Morgan fingerprint density at radius 1 is 1.29 bits per heavy atom. The van der Waals surface area contributed by atoms with Gasteiger partial charge in [0, 0.05) is 11.6 Å². The molecule has 2 N–H and O–H groups in total. The first-order chi connectivity index (χ1) is 6.43. The van der Waals surface area contributed by atoms with Crippen LogP contribution in [-0.2, 0) is 0 Å². The van der Waals surface area contributed by atoms with Crippen molar-refractivity contribution in [2.75, 3.05) is 6.61 Å². The van der Waals surface area contributed by atoms with Crippen molar-refractivity contribution in [2.24, 2.45) is 5.92 Å². The number of aliphatic hydroxyl groups excluding tert-OH is 1. The van der Waals surface area contributed by atoms with Gasteiger partial charge in [0.2, 0.25) is 0 Å². The maximum Gasteiger partial charge on any atom is 0.0610 e. The highest BCUT2D eigenvalue weighted by atomic mass is 16.3. The van der Waals surface area contributed by atoms with Gasteiger partial charge in [-0.25, -0.2) is 0 Å². The van der Waals surface area contributed by atoms with Gasteiger partial charge in [-0.15, -0.1) is 0 Å². The summed E-state index contributed by atoms with van der Waals surface area (Å²) in [6.45, 7) is 11.1. The Morgan fingerprint density at radius 2 is 1.86 bits per heavy atom. The maximum atomic E-state index is 9.38. The smallest absolute Gasteiger partial charge is 0.0610 e. The van der Waals surface area contributed by atoms with Crippen LogP contribution in [0.2, 0.25) is 0 Å². The molecule has 2 atom stereocenters. The van der Waals surface area contributed by atoms with Crippen LogP contribution in [0.5, 0.6) is 0 Å². The minimum Gasteiger partial charge on any atom is -0.394 e. The molecule has 0 radical (unpaired) electrons. The predicted octanol–water partition coefficient (Wildman–Crippen LogP) is 2.56. The first-order valence-electron chi connectivity index (χ1n) is 5.82. The average molecular weight is 201 g/mol. The summed E-state index contributed by atoms with van der Waals surface area (Å²) >= 11 is 0. The molecule has 0 aromatic carbocycles. The minimum atomic E-state index is -0.0975. The van der Waals surface area contributed by atoms with Crippen molar-refractivity contribution in [3.63, 3.8) is 0 Å². The highest BCUT2D eigenvalue weighted by Gasteiger charge is 2.24. The van der Waals surface area contributed by atoms with Gasteiger partial charge in [-0.05, 0) is 39.0 Å². The highest BCUT2D eigenvalue weighted by molar-refractivity contribution is 4.84. The molecule has 2 nitrogen and oxygen atoms in total. The quantitative estimate of drug-likeness (QED) is 0.663. The molecule has 0 fully saturated rings. The largest absolute Gasteiger partial charge is 0.394 e. The second-order valence-electron chi connectivity index (χ2n) is 5.10. The van der Waals surface area contributed by atoms with Crippen molar-refractivity contribution in [1.82, 2.24) is 5.32 Å². The second kappa shape index (κ2) is 6.41. The van der Waals surface area contributed by atoms with E-state index in [1.807, 2.05) is 0 Å². The van der Waals surface area contributed by atoms with Gasteiger partial charge in [-0.1, -0.05) is 20.8 Å². The van der Waals surface area contributed by atoms with Crippen LogP contribution in [0.15, 0.2) is 0 Å². The van der Waals surface area contributed by atoms with Crippen molar-refractivity contribution >= 4 is 0 Å². The van der Waals surface area contributed by atoms with Crippen LogP contribution in [0.1, 0.15) is 53.9 Å². The molecule has 0 rings (SSSR count). The van der Waals surface area contributed by atoms with E-state index >= 15 is 0 Å². The Bertz CT molecular complexity index is 147. The van der Waals surface area contributed by atoms with Crippen LogP contribution in [0.3, 0.4) is 0 Å². The van der Waals surface area contributed by atoms with Gasteiger partial charge in [0.25, 0.3) is 0 Å². The van der Waals surface area contributed by atoms with Crippen LogP contribution in [0.25, 0.3) is 0 Å². The first kappa shape index (κ1) is 13.9. The van der Waals surface area contributed by atoms with Crippen LogP contribution >= 0.6 is 0 Å². The zero-order chi connectivity index (χ0) is 11.2. The summed E-state index contributed by atoms with van der Waals surface area (Å²) in [5.41, 5.74) is -0.0975. The molecule has 2 heteroatoms. The Morgan fingerprint density at radius 3 is 2.21 bits per heavy atom. The highest BCUT2D eigenvalue weighted by Crippen LogP contribution is 2.17. The topological polar surface area (TPSA) is 32.3 Å². The van der Waals surface area contributed by atoms with E-state index in [0.29, 0.717) is 12.0 Å². The fraction of sp³-hybridized carbons (Fsp3) is 1.00. The number of nitrogens with one attached hydrogen (secondary N) is 1. The van der Waals surface area contributed by atoms with Gasteiger partial charge in [-0.3, -0.25) is 0 Å². The summed E-state index contributed by atoms with van der Waals surface area (Å²) in [5.74, 6) is 0.708. The molecule has 0 aromatic rings. The van der Waals surface area contributed by atoms with E-state index in [1.54, 1.807) is 0 Å². The molecule has 0 saturated carbocycles. The molecule has 0 aliphatic heterocycles. The fourth-order valence-corrected chi connectivity index (χ4v) is 1.50. The number of rotatable bonds is 7. The third kappa shape index (κ3) is 5.61. The predicted molar refractivity (Wildman–Crippen MR) is 62.5 cm³/mol. The van der Waals surface area contributed by atoms with E-state index in [-0.39, 0.29) is 12.1 Å². The summed E-state index contributed by atoms with van der Waals surface area (Å²) in [5, 5.41) is 12.9. The molecule has 0 spiro atoms. The Hall–Kier alpha value is -0.0800. The van der Waals surface area contributed by atoms with E-state index in [0.717, 1.165) is 12.8 Å². The van der Waals surface area contributed by atoms with Gasteiger partial charge in [0.15, 0.2) is 0 Å². The molecule has 0 aliphatic rings. The van der Waals surface area contributed by atoms with Crippen molar-refractivity contribution in [3.8, 4) is 0 Å². The molecular formula is C12H27NO. The summed E-state index contributed by atoms with van der Waals surface area (Å²) in [4.78, 5) is 0. The number of hydrogen-bond donors (Lipinski definition) is 2. The van der Waals surface area contributed by atoms with Gasteiger partial charge in [0.1, 0.15) is 0 Å². The van der Waals surface area contributed by atoms with Crippen LogP contribution < -0.4 is 5.32 Å². The normalized spacial score (nSPS) is 18.2. The van der Waals surface area contributed by atoms with Gasteiger partial charge < -0.3 is 10.4 Å². The molecule has 86 valence electrons. The molecule has 0 aromatic heterocycles. The van der Waals surface area contributed by atoms with Crippen molar-refractivity contribution in [2.45, 2.75) is 65.5 Å². The van der Waals surface area contributed by atoms with Crippen LogP contribution in [0, 0.1) is 5.92 Å². The van der Waals surface area contributed by atoms with Gasteiger partial charge in [0.05, 0.1) is 6.61 Å². The number of aliphatic hydroxyl groups is 1. The van der Waals surface area contributed by atoms with Crippen molar-refractivity contribution in [3.05, 3.63) is 0 Å². The zero-order valence-electron chi connectivity index (χ0n) is 10.4. The van der Waals surface area contributed by atoms with Gasteiger partial charge in [-0.2, -0.15) is 0 Å². The maximum absolute atomic E-state index is 9.38. The second-order valence-corrected chi connectivity index (χ2v) is 5.10. The monoisotopic (exact) mass is 201 g/mol. The van der Waals surface area contributed by atoms with Crippen molar-refractivity contribution in [1.29, 1.82) is 0 Å². The van der Waals surface area contributed by atoms with E-state index in [4.69, 9.17) is 0 Å². The van der Waals surface area contributed by atoms with Crippen LogP contribution in [0.4, 0.5) is 0 Å². The van der Waals surface area contributed by atoms with E-state index < -0.39 is 0 Å². The van der Waals surface area contributed by atoms with Crippen molar-refractivity contribution < 1.29 is 5.11 Å².